The Labute approximate surface area is 115 Å². The summed E-state index contributed by atoms with van der Waals surface area (Å²) in [6, 6.07) is 6.24. The van der Waals surface area contributed by atoms with Crippen LogP contribution < -0.4 is 15.8 Å². The van der Waals surface area contributed by atoms with Crippen molar-refractivity contribution >= 4 is 0 Å². The Balaban J connectivity index is 2.45. The summed E-state index contributed by atoms with van der Waals surface area (Å²) in [7, 11) is 1.69. The molecule has 0 heterocycles. The van der Waals surface area contributed by atoms with Gasteiger partial charge in [-0.2, -0.15) is 0 Å². The van der Waals surface area contributed by atoms with Crippen molar-refractivity contribution in [3.8, 4) is 18.1 Å². The van der Waals surface area contributed by atoms with E-state index in [1.165, 1.54) is 11.1 Å². The van der Waals surface area contributed by atoms with Crippen molar-refractivity contribution in [2.45, 2.75) is 37.8 Å². The number of hydrogen-bond acceptors (Lipinski definition) is 3. The highest BCUT2D eigenvalue weighted by molar-refractivity contribution is 5.42. The van der Waals surface area contributed by atoms with Gasteiger partial charge in [0, 0.05) is 6.54 Å². The second kappa shape index (κ2) is 5.64. The van der Waals surface area contributed by atoms with E-state index in [4.69, 9.17) is 16.9 Å². The second-order valence-electron chi connectivity index (χ2n) is 5.20. The van der Waals surface area contributed by atoms with Gasteiger partial charge in [-0.1, -0.05) is 12.0 Å². The lowest BCUT2D eigenvalue weighted by Crippen LogP contribution is -2.53. The highest BCUT2D eigenvalue weighted by Gasteiger charge is 2.36. The van der Waals surface area contributed by atoms with E-state index in [2.05, 4.69) is 23.4 Å². The third kappa shape index (κ3) is 2.60. The normalized spacial score (nSPS) is 23.3. The number of nitrogens with one attached hydrogen (secondary N) is 1. The van der Waals surface area contributed by atoms with E-state index in [0.717, 1.165) is 25.0 Å². The molecule has 0 aliphatic heterocycles. The molecule has 0 radical (unpaired) electrons. The van der Waals surface area contributed by atoms with E-state index in [1.807, 2.05) is 13.0 Å². The van der Waals surface area contributed by atoms with Gasteiger partial charge in [-0.15, -0.1) is 6.42 Å². The monoisotopic (exact) mass is 258 g/mol. The summed E-state index contributed by atoms with van der Waals surface area (Å²) in [5.41, 5.74) is 8.43. The van der Waals surface area contributed by atoms with Gasteiger partial charge in [-0.25, -0.2) is 0 Å². The Bertz CT molecular complexity index is 492. The first-order valence-corrected chi connectivity index (χ1v) is 6.76. The minimum atomic E-state index is -0.228. The van der Waals surface area contributed by atoms with Gasteiger partial charge in [-0.05, 0) is 49.4 Å². The molecule has 0 bridgehead atoms. The summed E-state index contributed by atoms with van der Waals surface area (Å²) < 4.78 is 5.34. The molecule has 2 atom stereocenters. The van der Waals surface area contributed by atoms with Crippen LogP contribution in [0.3, 0.4) is 0 Å². The molecule has 19 heavy (non-hydrogen) atoms. The molecule has 3 N–H and O–H groups in total. The van der Waals surface area contributed by atoms with Crippen molar-refractivity contribution in [3.05, 3.63) is 29.3 Å². The largest absolute Gasteiger partial charge is 0.497 e. The highest BCUT2D eigenvalue weighted by Crippen LogP contribution is 2.37. The van der Waals surface area contributed by atoms with Crippen molar-refractivity contribution in [3.63, 3.8) is 0 Å². The lowest BCUT2D eigenvalue weighted by atomic mass is 9.76. The Hall–Kier alpha value is -1.50. The van der Waals surface area contributed by atoms with E-state index in [0.29, 0.717) is 6.54 Å². The van der Waals surface area contributed by atoms with E-state index >= 15 is 0 Å². The zero-order valence-corrected chi connectivity index (χ0v) is 11.7. The van der Waals surface area contributed by atoms with Crippen molar-refractivity contribution in [1.82, 2.24) is 5.32 Å². The van der Waals surface area contributed by atoms with Crippen LogP contribution in [0.15, 0.2) is 18.2 Å². The van der Waals surface area contributed by atoms with Gasteiger partial charge in [0.1, 0.15) is 5.75 Å². The minimum Gasteiger partial charge on any atom is -0.497 e. The Morgan fingerprint density at radius 2 is 2.37 bits per heavy atom. The fraction of sp³-hybridized carbons (Fsp3) is 0.500. The lowest BCUT2D eigenvalue weighted by molar-refractivity contribution is 0.281. The molecule has 0 amide bonds. The number of rotatable bonds is 4. The number of nitrogens with two attached hydrogens (primary N) is 1. The summed E-state index contributed by atoms with van der Waals surface area (Å²) in [6.45, 7) is 2.53. The molecule has 0 spiro atoms. The average Bonchev–Trinajstić information content (AvgIpc) is 2.46. The molecule has 0 aromatic heterocycles. The van der Waals surface area contributed by atoms with Gasteiger partial charge in [0.2, 0.25) is 0 Å². The summed E-state index contributed by atoms with van der Waals surface area (Å²) in [4.78, 5) is 0. The fourth-order valence-corrected chi connectivity index (χ4v) is 2.94. The molecule has 3 nitrogen and oxygen atoms in total. The summed E-state index contributed by atoms with van der Waals surface area (Å²) in [5, 5.41) is 3.52. The van der Waals surface area contributed by atoms with Crippen molar-refractivity contribution < 1.29 is 4.74 Å². The van der Waals surface area contributed by atoms with Gasteiger partial charge in [0.05, 0.1) is 18.7 Å². The van der Waals surface area contributed by atoms with Crippen LogP contribution in [0.25, 0.3) is 0 Å². The molecule has 2 unspecified atom stereocenters. The maximum absolute atomic E-state index is 6.08. The predicted molar refractivity (Wildman–Crippen MR) is 78.1 cm³/mol. The number of terminal acetylenes is 1. The van der Waals surface area contributed by atoms with Crippen LogP contribution in [-0.2, 0) is 12.0 Å². The first-order chi connectivity index (χ1) is 9.15. The summed E-state index contributed by atoms with van der Waals surface area (Å²) >= 11 is 0. The maximum Gasteiger partial charge on any atom is 0.119 e. The van der Waals surface area contributed by atoms with E-state index < -0.39 is 0 Å². The van der Waals surface area contributed by atoms with E-state index in [1.54, 1.807) is 7.11 Å². The van der Waals surface area contributed by atoms with Crippen LogP contribution >= 0.6 is 0 Å². The molecular formula is C16H22N2O. The molecule has 0 saturated heterocycles. The molecule has 0 fully saturated rings. The van der Waals surface area contributed by atoms with E-state index in [-0.39, 0.29) is 11.6 Å². The molecule has 0 saturated carbocycles. The predicted octanol–water partition coefficient (Wildman–Crippen LogP) is 1.80. The number of aryl methyl sites for hydroxylation is 1. The number of methoxy groups -OCH3 is 1. The molecule has 1 aromatic rings. The molecule has 2 rings (SSSR count). The third-order valence-corrected chi connectivity index (χ3v) is 3.97. The fourth-order valence-electron chi connectivity index (χ4n) is 2.94. The van der Waals surface area contributed by atoms with Crippen LogP contribution in [0, 0.1) is 12.3 Å². The Kier molecular flexibility index (Phi) is 4.14. The Morgan fingerprint density at radius 1 is 1.58 bits per heavy atom. The van der Waals surface area contributed by atoms with Crippen LogP contribution in [0.5, 0.6) is 5.75 Å². The van der Waals surface area contributed by atoms with Crippen molar-refractivity contribution in [2.75, 3.05) is 13.7 Å². The number of ether oxygens (including phenoxy) is 1. The van der Waals surface area contributed by atoms with E-state index in [9.17, 15) is 0 Å². The van der Waals surface area contributed by atoms with Crippen LogP contribution in [-0.4, -0.2) is 19.7 Å². The zero-order valence-electron chi connectivity index (χ0n) is 11.7. The third-order valence-electron chi connectivity index (χ3n) is 3.97. The standard InChI is InChI=1S/C16H22N2O/c1-4-12(2)18-16(11-17)9-5-6-13-7-8-14(19-3)10-15(13)16/h1,7-8,10,12,18H,5-6,9,11,17H2,2-3H3. The maximum atomic E-state index is 6.08. The second-order valence-corrected chi connectivity index (χ2v) is 5.20. The van der Waals surface area contributed by atoms with Crippen molar-refractivity contribution in [2.24, 2.45) is 5.73 Å². The smallest absolute Gasteiger partial charge is 0.119 e. The molecule has 102 valence electrons. The Morgan fingerprint density at radius 3 is 3.00 bits per heavy atom. The van der Waals surface area contributed by atoms with Crippen LogP contribution in [0.1, 0.15) is 30.9 Å². The van der Waals surface area contributed by atoms with Gasteiger partial charge >= 0.3 is 0 Å². The molecule has 1 aliphatic carbocycles. The number of fused-ring (bicyclic) bond motifs is 1. The quantitative estimate of drug-likeness (QED) is 0.810. The molecular weight excluding hydrogens is 236 g/mol. The summed E-state index contributed by atoms with van der Waals surface area (Å²) in [6.07, 6.45) is 8.73. The van der Waals surface area contributed by atoms with Gasteiger partial charge < -0.3 is 10.5 Å². The topological polar surface area (TPSA) is 47.3 Å². The molecule has 3 heteroatoms. The lowest BCUT2D eigenvalue weighted by Gasteiger charge is -2.40. The van der Waals surface area contributed by atoms with Gasteiger partial charge in [0.25, 0.3) is 0 Å². The average molecular weight is 258 g/mol. The molecule has 1 aliphatic rings. The van der Waals surface area contributed by atoms with Crippen LogP contribution in [0.2, 0.25) is 0 Å². The number of hydrogen-bond donors (Lipinski definition) is 2. The first-order valence-electron chi connectivity index (χ1n) is 6.76. The summed E-state index contributed by atoms with van der Waals surface area (Å²) in [5.74, 6) is 3.60. The zero-order chi connectivity index (χ0) is 13.9. The first kappa shape index (κ1) is 13.9. The van der Waals surface area contributed by atoms with Crippen LogP contribution in [0.4, 0.5) is 0 Å². The highest BCUT2D eigenvalue weighted by atomic mass is 16.5. The van der Waals surface area contributed by atoms with Gasteiger partial charge in [0.15, 0.2) is 0 Å². The minimum absolute atomic E-state index is 0.000649. The number of benzene rings is 1. The van der Waals surface area contributed by atoms with Gasteiger partial charge in [-0.3, -0.25) is 5.32 Å². The SMILES string of the molecule is C#CC(C)NC1(CN)CCCc2ccc(OC)cc21. The molecule has 1 aromatic carbocycles. The van der Waals surface area contributed by atoms with Crippen molar-refractivity contribution in [1.29, 1.82) is 0 Å².